The summed E-state index contributed by atoms with van der Waals surface area (Å²) in [6, 6.07) is 0. The number of halogens is 1. The average molecular weight is 308 g/mol. The summed E-state index contributed by atoms with van der Waals surface area (Å²) in [6.07, 6.45) is 9.47. The maximum absolute atomic E-state index is 11.7. The van der Waals surface area contributed by atoms with E-state index in [4.69, 9.17) is 0 Å². The van der Waals surface area contributed by atoms with Crippen molar-refractivity contribution in [2.24, 2.45) is 0 Å². The third kappa shape index (κ3) is 3.95. The molecule has 1 fully saturated rings. The van der Waals surface area contributed by atoms with E-state index < -0.39 is 0 Å². The summed E-state index contributed by atoms with van der Waals surface area (Å²) in [5.41, 5.74) is 0. The van der Waals surface area contributed by atoms with Crippen molar-refractivity contribution in [3.05, 3.63) is 0 Å². The van der Waals surface area contributed by atoms with Gasteiger partial charge in [0.05, 0.1) is 4.83 Å². The van der Waals surface area contributed by atoms with E-state index in [1.807, 2.05) is 18.7 Å². The normalized spacial score (nSPS) is 21.4. The van der Waals surface area contributed by atoms with Gasteiger partial charge in [-0.2, -0.15) is 11.8 Å². The zero-order chi connectivity index (χ0) is 12.0. The average Bonchev–Trinajstić information content (AvgIpc) is 2.36. The van der Waals surface area contributed by atoms with E-state index in [2.05, 4.69) is 27.5 Å². The molecule has 0 spiro atoms. The molecule has 16 heavy (non-hydrogen) atoms. The molecule has 4 heteroatoms. The molecule has 1 rings (SSSR count). The molecule has 0 aliphatic heterocycles. The minimum Gasteiger partial charge on any atom is -0.354 e. The van der Waals surface area contributed by atoms with Crippen molar-refractivity contribution in [3.63, 3.8) is 0 Å². The minimum absolute atomic E-state index is 0.0324. The summed E-state index contributed by atoms with van der Waals surface area (Å²) in [4.78, 5) is 11.7. The topological polar surface area (TPSA) is 29.1 Å². The van der Waals surface area contributed by atoms with Crippen molar-refractivity contribution in [3.8, 4) is 0 Å². The Balaban J connectivity index is 2.41. The Bertz CT molecular complexity index is 229. The lowest BCUT2D eigenvalue weighted by Crippen LogP contribution is -2.43. The van der Waals surface area contributed by atoms with Crippen molar-refractivity contribution < 1.29 is 4.79 Å². The monoisotopic (exact) mass is 307 g/mol. The predicted molar refractivity (Wildman–Crippen MR) is 75.3 cm³/mol. The van der Waals surface area contributed by atoms with Gasteiger partial charge >= 0.3 is 0 Å². The maximum Gasteiger partial charge on any atom is 0.233 e. The van der Waals surface area contributed by atoms with Gasteiger partial charge in [-0.25, -0.2) is 0 Å². The Hall–Kier alpha value is 0.300. The van der Waals surface area contributed by atoms with Crippen LogP contribution in [0.15, 0.2) is 0 Å². The molecule has 1 atom stereocenters. The third-order valence-electron chi connectivity index (χ3n) is 3.43. The molecule has 1 saturated carbocycles. The molecule has 1 aliphatic carbocycles. The number of carbonyl (C=O) groups excluding carboxylic acids is 1. The Morgan fingerprint density at radius 3 is 2.56 bits per heavy atom. The van der Waals surface area contributed by atoms with Crippen LogP contribution in [0.5, 0.6) is 0 Å². The number of hydrogen-bond donors (Lipinski definition) is 1. The molecule has 1 aliphatic rings. The van der Waals surface area contributed by atoms with Crippen LogP contribution in [0.2, 0.25) is 0 Å². The van der Waals surface area contributed by atoms with Crippen LogP contribution in [0.1, 0.15) is 45.4 Å². The molecule has 94 valence electrons. The lowest BCUT2D eigenvalue weighted by Gasteiger charge is -2.36. The lowest BCUT2D eigenvalue weighted by atomic mass is 9.88. The largest absolute Gasteiger partial charge is 0.354 e. The first-order valence-electron chi connectivity index (χ1n) is 6.10. The highest BCUT2D eigenvalue weighted by atomic mass is 79.9. The first-order valence-corrected chi connectivity index (χ1v) is 8.24. The number of rotatable bonds is 5. The Morgan fingerprint density at radius 2 is 2.06 bits per heavy atom. The van der Waals surface area contributed by atoms with E-state index in [-0.39, 0.29) is 10.7 Å². The van der Waals surface area contributed by atoms with E-state index in [9.17, 15) is 4.79 Å². The first kappa shape index (κ1) is 14.4. The molecule has 2 nitrogen and oxygen atoms in total. The second-order valence-electron chi connectivity index (χ2n) is 4.54. The quantitative estimate of drug-likeness (QED) is 0.789. The molecule has 1 N–H and O–H groups in total. The van der Waals surface area contributed by atoms with Gasteiger partial charge in [0.15, 0.2) is 0 Å². The number of amides is 1. The second-order valence-corrected chi connectivity index (χ2v) is 6.92. The van der Waals surface area contributed by atoms with Crippen molar-refractivity contribution in [2.75, 3.05) is 12.8 Å². The van der Waals surface area contributed by atoms with Gasteiger partial charge < -0.3 is 5.32 Å². The van der Waals surface area contributed by atoms with Gasteiger partial charge in [0.1, 0.15) is 0 Å². The third-order valence-corrected chi connectivity index (χ3v) is 5.91. The molecule has 0 radical (unpaired) electrons. The van der Waals surface area contributed by atoms with Crippen molar-refractivity contribution >= 4 is 33.6 Å². The molecule has 0 aromatic rings. The second kappa shape index (κ2) is 6.90. The molecule has 0 heterocycles. The highest BCUT2D eigenvalue weighted by Crippen LogP contribution is 2.37. The van der Waals surface area contributed by atoms with Gasteiger partial charge in [-0.05, 0) is 25.5 Å². The number of nitrogens with one attached hydrogen (secondary N) is 1. The molecule has 0 bridgehead atoms. The van der Waals surface area contributed by atoms with Crippen molar-refractivity contribution in [1.29, 1.82) is 0 Å². The molecule has 1 amide bonds. The summed E-state index contributed by atoms with van der Waals surface area (Å²) in [5, 5.41) is 3.09. The van der Waals surface area contributed by atoms with Crippen LogP contribution >= 0.6 is 27.7 Å². The molecular weight excluding hydrogens is 286 g/mol. The van der Waals surface area contributed by atoms with Gasteiger partial charge in [-0.1, -0.05) is 42.1 Å². The molecule has 0 aromatic heterocycles. The van der Waals surface area contributed by atoms with E-state index >= 15 is 0 Å². The van der Waals surface area contributed by atoms with E-state index in [0.29, 0.717) is 4.75 Å². The van der Waals surface area contributed by atoms with E-state index in [0.717, 1.165) is 13.0 Å². The fourth-order valence-electron chi connectivity index (χ4n) is 2.19. The van der Waals surface area contributed by atoms with Crippen LogP contribution in [0.25, 0.3) is 0 Å². The molecule has 0 saturated heterocycles. The number of thioether (sulfide) groups is 1. The van der Waals surface area contributed by atoms with E-state index in [1.165, 1.54) is 32.1 Å². The van der Waals surface area contributed by atoms with Crippen LogP contribution in [0.3, 0.4) is 0 Å². The number of carbonyl (C=O) groups is 1. The van der Waals surface area contributed by atoms with Crippen LogP contribution < -0.4 is 5.32 Å². The SMILES string of the molecule is CCC(Br)C(=O)NCC1(SC)CCCCC1. The fraction of sp³-hybridized carbons (Fsp3) is 0.917. The number of alkyl halides is 1. The smallest absolute Gasteiger partial charge is 0.233 e. The summed E-state index contributed by atoms with van der Waals surface area (Å²) >= 11 is 5.31. The number of hydrogen-bond acceptors (Lipinski definition) is 2. The molecule has 0 aromatic carbocycles. The van der Waals surface area contributed by atoms with Gasteiger partial charge in [0.2, 0.25) is 5.91 Å². The van der Waals surface area contributed by atoms with Gasteiger partial charge in [0, 0.05) is 11.3 Å². The predicted octanol–water partition coefficient (Wildman–Crippen LogP) is 3.34. The maximum atomic E-state index is 11.7. The van der Waals surface area contributed by atoms with Crippen LogP contribution in [-0.2, 0) is 4.79 Å². The van der Waals surface area contributed by atoms with Gasteiger partial charge in [0.25, 0.3) is 0 Å². The summed E-state index contributed by atoms with van der Waals surface area (Å²) in [6.45, 7) is 2.85. The van der Waals surface area contributed by atoms with E-state index in [1.54, 1.807) is 0 Å². The standard InChI is InChI=1S/C12H22BrNOS/c1-3-10(13)11(15)14-9-12(16-2)7-5-4-6-8-12/h10H,3-9H2,1-2H3,(H,14,15). The van der Waals surface area contributed by atoms with Gasteiger partial charge in [-0.15, -0.1) is 0 Å². The highest BCUT2D eigenvalue weighted by molar-refractivity contribution is 9.10. The molecule has 1 unspecified atom stereocenters. The minimum atomic E-state index is -0.0324. The van der Waals surface area contributed by atoms with Crippen LogP contribution in [-0.4, -0.2) is 28.3 Å². The Morgan fingerprint density at radius 1 is 1.44 bits per heavy atom. The zero-order valence-corrected chi connectivity index (χ0v) is 12.6. The van der Waals surface area contributed by atoms with Crippen LogP contribution in [0, 0.1) is 0 Å². The van der Waals surface area contributed by atoms with Crippen molar-refractivity contribution in [2.45, 2.75) is 55.0 Å². The lowest BCUT2D eigenvalue weighted by molar-refractivity contribution is -0.120. The highest BCUT2D eigenvalue weighted by Gasteiger charge is 2.31. The zero-order valence-electron chi connectivity index (χ0n) is 10.2. The summed E-state index contributed by atoms with van der Waals surface area (Å²) in [7, 11) is 0. The summed E-state index contributed by atoms with van der Waals surface area (Å²) < 4.78 is 0.300. The molecular formula is C12H22BrNOS. The first-order chi connectivity index (χ1) is 7.63. The Kier molecular flexibility index (Phi) is 6.19. The van der Waals surface area contributed by atoms with Crippen LogP contribution in [0.4, 0.5) is 0 Å². The summed E-state index contributed by atoms with van der Waals surface area (Å²) in [5.74, 6) is 0.140. The van der Waals surface area contributed by atoms with Crippen molar-refractivity contribution in [1.82, 2.24) is 5.32 Å². The fourth-order valence-corrected chi connectivity index (χ4v) is 3.27. The Labute approximate surface area is 111 Å². The van der Waals surface area contributed by atoms with Gasteiger partial charge in [-0.3, -0.25) is 4.79 Å².